The van der Waals surface area contributed by atoms with Gasteiger partial charge in [-0.3, -0.25) is 0 Å². The molecule has 1 fully saturated rings. The molecule has 1 aliphatic carbocycles. The lowest BCUT2D eigenvalue weighted by molar-refractivity contribution is 0.232. The van der Waals surface area contributed by atoms with E-state index in [1.165, 1.54) is 12.8 Å². The quantitative estimate of drug-likeness (QED) is 0.900. The van der Waals surface area contributed by atoms with Gasteiger partial charge < -0.3 is 15.4 Å². The maximum atomic E-state index is 6.21. The highest BCUT2D eigenvalue weighted by atomic mass is 16.5. The Hall–Kier alpha value is -1.36. The molecule has 0 aromatic carbocycles. The fourth-order valence-corrected chi connectivity index (χ4v) is 2.58. The molecule has 19 heavy (non-hydrogen) atoms. The predicted molar refractivity (Wildman–Crippen MR) is 76.4 cm³/mol. The van der Waals surface area contributed by atoms with Crippen molar-refractivity contribution in [2.24, 2.45) is 5.73 Å². The summed E-state index contributed by atoms with van der Waals surface area (Å²) in [5.74, 6) is 1.32. The van der Waals surface area contributed by atoms with Crippen molar-refractivity contribution in [3.63, 3.8) is 0 Å². The van der Waals surface area contributed by atoms with Crippen molar-refractivity contribution in [1.29, 1.82) is 0 Å². The van der Waals surface area contributed by atoms with Gasteiger partial charge in [0.2, 0.25) is 11.8 Å². The van der Waals surface area contributed by atoms with Crippen LogP contribution in [0.25, 0.3) is 0 Å². The van der Waals surface area contributed by atoms with Crippen molar-refractivity contribution in [3.8, 4) is 5.88 Å². The van der Waals surface area contributed by atoms with Crippen molar-refractivity contribution in [2.45, 2.75) is 57.7 Å². The molecule has 2 N–H and O–H groups in total. The second kappa shape index (κ2) is 6.19. The number of hydrogen-bond donors (Lipinski definition) is 1. The molecule has 1 aliphatic rings. The van der Waals surface area contributed by atoms with E-state index in [1.54, 1.807) is 12.3 Å². The molecular formula is C14H24N4O. The van der Waals surface area contributed by atoms with E-state index in [1.807, 2.05) is 20.9 Å². The molecule has 0 bridgehead atoms. The van der Waals surface area contributed by atoms with Crippen LogP contribution >= 0.6 is 0 Å². The van der Waals surface area contributed by atoms with Crippen LogP contribution in [0.4, 0.5) is 5.95 Å². The highest BCUT2D eigenvalue weighted by Gasteiger charge is 2.27. The maximum absolute atomic E-state index is 6.21. The smallest absolute Gasteiger partial charge is 0.228 e. The average Bonchev–Trinajstić information content (AvgIpc) is 2.38. The largest absolute Gasteiger partial charge is 0.475 e. The summed E-state index contributed by atoms with van der Waals surface area (Å²) in [7, 11) is 2.02. The van der Waals surface area contributed by atoms with E-state index in [0.29, 0.717) is 17.9 Å². The Labute approximate surface area is 115 Å². The van der Waals surface area contributed by atoms with E-state index < -0.39 is 0 Å². The molecule has 0 spiro atoms. The number of hydrogen-bond acceptors (Lipinski definition) is 5. The third kappa shape index (κ3) is 3.56. The first-order valence-electron chi connectivity index (χ1n) is 7.06. The zero-order valence-electron chi connectivity index (χ0n) is 12.0. The molecule has 5 heteroatoms. The highest BCUT2D eigenvalue weighted by molar-refractivity contribution is 5.33. The van der Waals surface area contributed by atoms with E-state index in [2.05, 4.69) is 14.9 Å². The lowest BCUT2D eigenvalue weighted by Crippen LogP contribution is -2.48. The summed E-state index contributed by atoms with van der Waals surface area (Å²) in [4.78, 5) is 10.9. The third-order valence-electron chi connectivity index (χ3n) is 3.57. The molecule has 2 unspecified atom stereocenters. The zero-order chi connectivity index (χ0) is 13.8. The Morgan fingerprint density at radius 3 is 2.79 bits per heavy atom. The Balaban J connectivity index is 2.11. The van der Waals surface area contributed by atoms with Crippen LogP contribution < -0.4 is 15.4 Å². The van der Waals surface area contributed by atoms with Crippen molar-refractivity contribution in [3.05, 3.63) is 12.3 Å². The van der Waals surface area contributed by atoms with Crippen molar-refractivity contribution >= 4 is 5.95 Å². The molecule has 1 aromatic heterocycles. The molecule has 1 saturated carbocycles. The number of likely N-dealkylation sites (N-methyl/N-ethyl adjacent to an activating group) is 1. The van der Waals surface area contributed by atoms with Gasteiger partial charge in [0.05, 0.1) is 6.10 Å². The van der Waals surface area contributed by atoms with E-state index in [0.717, 1.165) is 12.8 Å². The van der Waals surface area contributed by atoms with Crippen LogP contribution in [0.5, 0.6) is 5.88 Å². The fraction of sp³-hybridized carbons (Fsp3) is 0.714. The average molecular weight is 264 g/mol. The van der Waals surface area contributed by atoms with Gasteiger partial charge in [-0.05, 0) is 26.7 Å². The molecule has 0 amide bonds. The number of nitrogens with zero attached hydrogens (tertiary/aromatic N) is 3. The Morgan fingerprint density at radius 1 is 1.37 bits per heavy atom. The van der Waals surface area contributed by atoms with Gasteiger partial charge >= 0.3 is 0 Å². The van der Waals surface area contributed by atoms with E-state index in [-0.39, 0.29) is 12.1 Å². The first-order chi connectivity index (χ1) is 9.08. The number of anilines is 1. The summed E-state index contributed by atoms with van der Waals surface area (Å²) in [5.41, 5.74) is 6.21. The first kappa shape index (κ1) is 14.1. The van der Waals surface area contributed by atoms with E-state index in [4.69, 9.17) is 10.5 Å². The van der Waals surface area contributed by atoms with Gasteiger partial charge in [-0.1, -0.05) is 12.8 Å². The Morgan fingerprint density at radius 2 is 2.11 bits per heavy atom. The minimum Gasteiger partial charge on any atom is -0.475 e. The number of ether oxygens (including phenoxy) is 1. The molecular weight excluding hydrogens is 240 g/mol. The second-order valence-corrected chi connectivity index (χ2v) is 5.49. The monoisotopic (exact) mass is 264 g/mol. The first-order valence-corrected chi connectivity index (χ1v) is 7.06. The van der Waals surface area contributed by atoms with Gasteiger partial charge in [0.1, 0.15) is 0 Å². The minimum atomic E-state index is 0.116. The molecule has 1 aromatic rings. The normalized spacial score (nSPS) is 23.4. The number of nitrogens with two attached hydrogens (primary N) is 1. The van der Waals surface area contributed by atoms with Crippen molar-refractivity contribution < 1.29 is 4.74 Å². The van der Waals surface area contributed by atoms with E-state index >= 15 is 0 Å². The molecule has 2 rings (SSSR count). The van der Waals surface area contributed by atoms with Gasteiger partial charge in [-0.25, -0.2) is 4.98 Å². The standard InChI is InChI=1S/C14H24N4O/c1-10(2)19-13-8-9-16-14(17-13)18(3)12-7-5-4-6-11(12)15/h8-12H,4-7,15H2,1-3H3. The summed E-state index contributed by atoms with van der Waals surface area (Å²) in [5, 5.41) is 0. The summed E-state index contributed by atoms with van der Waals surface area (Å²) < 4.78 is 5.61. The van der Waals surface area contributed by atoms with Crippen LogP contribution in [0.3, 0.4) is 0 Å². The topological polar surface area (TPSA) is 64.3 Å². The Bertz CT molecular complexity index is 410. The SMILES string of the molecule is CC(C)Oc1ccnc(N(C)C2CCCCC2N)n1. The van der Waals surface area contributed by atoms with Crippen LogP contribution in [-0.2, 0) is 0 Å². The van der Waals surface area contributed by atoms with Crippen LogP contribution in [0, 0.1) is 0 Å². The Kier molecular flexibility index (Phi) is 4.58. The zero-order valence-corrected chi connectivity index (χ0v) is 12.0. The summed E-state index contributed by atoms with van der Waals surface area (Å²) in [6, 6.07) is 2.32. The lowest BCUT2D eigenvalue weighted by Gasteiger charge is -2.36. The van der Waals surface area contributed by atoms with Crippen molar-refractivity contribution in [2.75, 3.05) is 11.9 Å². The third-order valence-corrected chi connectivity index (χ3v) is 3.57. The van der Waals surface area contributed by atoms with Gasteiger partial charge in [-0.2, -0.15) is 4.98 Å². The molecule has 0 saturated heterocycles. The maximum Gasteiger partial charge on any atom is 0.228 e. The van der Waals surface area contributed by atoms with Gasteiger partial charge in [0, 0.05) is 31.4 Å². The number of rotatable bonds is 4. The van der Waals surface area contributed by atoms with Crippen LogP contribution in [0.15, 0.2) is 12.3 Å². The van der Waals surface area contributed by atoms with Gasteiger partial charge in [-0.15, -0.1) is 0 Å². The molecule has 106 valence electrons. The highest BCUT2D eigenvalue weighted by Crippen LogP contribution is 2.24. The molecule has 2 atom stereocenters. The molecule has 0 radical (unpaired) electrons. The predicted octanol–water partition coefficient (Wildman–Crippen LogP) is 1.97. The summed E-state index contributed by atoms with van der Waals surface area (Å²) >= 11 is 0. The fourth-order valence-electron chi connectivity index (χ4n) is 2.58. The lowest BCUT2D eigenvalue weighted by atomic mass is 9.90. The summed E-state index contributed by atoms with van der Waals surface area (Å²) in [6.07, 6.45) is 6.50. The summed E-state index contributed by atoms with van der Waals surface area (Å²) in [6.45, 7) is 3.98. The van der Waals surface area contributed by atoms with Crippen LogP contribution in [0.1, 0.15) is 39.5 Å². The second-order valence-electron chi connectivity index (χ2n) is 5.49. The van der Waals surface area contributed by atoms with Crippen molar-refractivity contribution in [1.82, 2.24) is 9.97 Å². The van der Waals surface area contributed by atoms with Gasteiger partial charge in [0.15, 0.2) is 0 Å². The minimum absolute atomic E-state index is 0.116. The van der Waals surface area contributed by atoms with Crippen LogP contribution in [-0.4, -0.2) is 35.2 Å². The molecule has 1 heterocycles. The molecule has 0 aliphatic heterocycles. The van der Waals surface area contributed by atoms with Crippen LogP contribution in [0.2, 0.25) is 0 Å². The molecule has 5 nitrogen and oxygen atoms in total. The van der Waals surface area contributed by atoms with Gasteiger partial charge in [0.25, 0.3) is 0 Å². The number of aromatic nitrogens is 2. The van der Waals surface area contributed by atoms with E-state index in [9.17, 15) is 0 Å².